The highest BCUT2D eigenvalue weighted by atomic mass is 16.5. The van der Waals surface area contributed by atoms with E-state index in [1.165, 1.54) is 11.1 Å². The number of terminal acetylenes is 1. The van der Waals surface area contributed by atoms with Gasteiger partial charge in [0.1, 0.15) is 29.7 Å². The maximum Gasteiger partial charge on any atom is 0.237 e. The smallest absolute Gasteiger partial charge is 0.237 e. The van der Waals surface area contributed by atoms with Gasteiger partial charge in [0.05, 0.1) is 18.7 Å². The second-order valence-corrected chi connectivity index (χ2v) is 8.06. The molecule has 2 aromatic rings. The summed E-state index contributed by atoms with van der Waals surface area (Å²) in [6.45, 7) is 2.70. The van der Waals surface area contributed by atoms with Gasteiger partial charge in [0, 0.05) is 51.6 Å². The Bertz CT molecular complexity index is 1090. The molecule has 0 aliphatic carbocycles. The third kappa shape index (κ3) is 6.66. The molecular weight excluding hydrogens is 452 g/mol. The number of aldehydes is 1. The molecular formula is C24H30N6O5. The molecule has 1 atom stereocenters. The fraction of sp³-hybridized carbons (Fsp3) is 0.417. The molecule has 1 unspecified atom stereocenters. The standard InChI is InChI=1S/C24H30N6O5/c1-5-17-13-25-21(12-20(17)35-11-10-34-4)27-24(33)29(3)22-7-6-18(19(16-31)26-22)14-30-9-8-28(2)15-23(30)32/h1,6-7,12-13,16,24,33H,8-11,14-15H2,2-4H3,(H,25,27). The van der Waals surface area contributed by atoms with E-state index in [9.17, 15) is 14.7 Å². The zero-order valence-corrected chi connectivity index (χ0v) is 20.1. The number of carbonyl (C=O) groups is 2. The fourth-order valence-electron chi connectivity index (χ4n) is 3.46. The van der Waals surface area contributed by atoms with Crippen molar-refractivity contribution in [2.45, 2.75) is 12.9 Å². The first-order valence-corrected chi connectivity index (χ1v) is 11.0. The van der Waals surface area contributed by atoms with Crippen LogP contribution >= 0.6 is 0 Å². The monoisotopic (exact) mass is 482 g/mol. The third-order valence-electron chi connectivity index (χ3n) is 5.55. The van der Waals surface area contributed by atoms with Crippen LogP contribution in [0, 0.1) is 12.3 Å². The quantitative estimate of drug-likeness (QED) is 0.201. The molecule has 1 fully saturated rings. The van der Waals surface area contributed by atoms with Crippen LogP contribution in [0.4, 0.5) is 11.6 Å². The summed E-state index contributed by atoms with van der Waals surface area (Å²) < 4.78 is 10.6. The van der Waals surface area contributed by atoms with Crippen LogP contribution in [0.5, 0.6) is 5.75 Å². The summed E-state index contributed by atoms with van der Waals surface area (Å²) in [6, 6.07) is 5.01. The number of ether oxygens (including phenoxy) is 2. The van der Waals surface area contributed by atoms with Crippen LogP contribution in [0.2, 0.25) is 0 Å². The van der Waals surface area contributed by atoms with E-state index in [2.05, 4.69) is 21.2 Å². The highest BCUT2D eigenvalue weighted by Gasteiger charge is 2.23. The van der Waals surface area contributed by atoms with Crippen molar-refractivity contribution >= 4 is 23.8 Å². The molecule has 2 N–H and O–H groups in total. The lowest BCUT2D eigenvalue weighted by Crippen LogP contribution is -2.48. The van der Waals surface area contributed by atoms with Crippen LogP contribution in [0.3, 0.4) is 0 Å². The number of hydrogen-bond donors (Lipinski definition) is 2. The van der Waals surface area contributed by atoms with E-state index in [0.717, 1.165) is 6.54 Å². The molecule has 3 heterocycles. The molecule has 0 radical (unpaired) electrons. The summed E-state index contributed by atoms with van der Waals surface area (Å²) in [7, 11) is 5.08. The van der Waals surface area contributed by atoms with Crippen molar-refractivity contribution in [3.63, 3.8) is 0 Å². The number of nitrogens with zero attached hydrogens (tertiary/aromatic N) is 5. The first-order valence-electron chi connectivity index (χ1n) is 11.0. The number of aromatic nitrogens is 2. The Morgan fingerprint density at radius 2 is 2.17 bits per heavy atom. The summed E-state index contributed by atoms with van der Waals surface area (Å²) in [4.78, 5) is 37.7. The van der Waals surface area contributed by atoms with Crippen molar-refractivity contribution in [2.75, 3.05) is 64.3 Å². The highest BCUT2D eigenvalue weighted by Crippen LogP contribution is 2.22. The number of rotatable bonds is 11. The van der Waals surface area contributed by atoms with Crippen molar-refractivity contribution in [3.05, 3.63) is 41.2 Å². The Kier molecular flexibility index (Phi) is 8.97. The van der Waals surface area contributed by atoms with Gasteiger partial charge in [-0.25, -0.2) is 9.97 Å². The summed E-state index contributed by atoms with van der Waals surface area (Å²) in [5, 5.41) is 13.6. The van der Waals surface area contributed by atoms with Crippen molar-refractivity contribution in [1.29, 1.82) is 0 Å². The molecule has 186 valence electrons. The SMILES string of the molecule is C#Cc1cnc(NC(O)N(C)c2ccc(CN3CCN(C)CC3=O)c(C=O)n2)cc1OCCOC. The van der Waals surface area contributed by atoms with Gasteiger partial charge < -0.3 is 29.7 Å². The number of pyridine rings is 2. The fourth-order valence-corrected chi connectivity index (χ4v) is 3.46. The lowest BCUT2D eigenvalue weighted by atomic mass is 10.1. The van der Waals surface area contributed by atoms with Gasteiger partial charge in [-0.3, -0.25) is 14.5 Å². The van der Waals surface area contributed by atoms with Crippen molar-refractivity contribution in [2.24, 2.45) is 0 Å². The average Bonchev–Trinajstić information content (AvgIpc) is 2.85. The largest absolute Gasteiger partial charge is 0.490 e. The first kappa shape index (κ1) is 25.9. The second-order valence-electron chi connectivity index (χ2n) is 8.06. The van der Waals surface area contributed by atoms with E-state index in [0.29, 0.717) is 67.6 Å². The Morgan fingerprint density at radius 3 is 2.86 bits per heavy atom. The van der Waals surface area contributed by atoms with E-state index in [1.807, 2.05) is 11.9 Å². The number of hydrogen-bond acceptors (Lipinski definition) is 10. The van der Waals surface area contributed by atoms with Crippen LogP contribution in [-0.2, 0) is 16.1 Å². The van der Waals surface area contributed by atoms with Crippen molar-refractivity contribution < 1.29 is 24.2 Å². The lowest BCUT2D eigenvalue weighted by molar-refractivity contribution is -0.136. The van der Waals surface area contributed by atoms with Gasteiger partial charge in [-0.05, 0) is 13.1 Å². The Morgan fingerprint density at radius 1 is 1.37 bits per heavy atom. The van der Waals surface area contributed by atoms with Gasteiger partial charge in [0.2, 0.25) is 12.3 Å². The van der Waals surface area contributed by atoms with Gasteiger partial charge in [-0.1, -0.05) is 12.0 Å². The van der Waals surface area contributed by atoms with Gasteiger partial charge in [0.25, 0.3) is 0 Å². The molecule has 11 nitrogen and oxygen atoms in total. The maximum absolute atomic E-state index is 12.3. The molecule has 1 aliphatic rings. The van der Waals surface area contributed by atoms with Crippen molar-refractivity contribution in [3.8, 4) is 18.1 Å². The first-order chi connectivity index (χ1) is 16.9. The molecule has 3 rings (SSSR count). The Labute approximate surface area is 204 Å². The van der Waals surface area contributed by atoms with Crippen LogP contribution in [0.25, 0.3) is 0 Å². The molecule has 0 spiro atoms. The second kappa shape index (κ2) is 12.1. The minimum atomic E-state index is -1.22. The van der Waals surface area contributed by atoms with Crippen molar-refractivity contribution in [1.82, 2.24) is 19.8 Å². The topological polar surface area (TPSA) is 120 Å². The highest BCUT2D eigenvalue weighted by molar-refractivity contribution is 5.80. The van der Waals surface area contributed by atoms with Crippen LogP contribution < -0.4 is 15.0 Å². The molecule has 2 aromatic heterocycles. The average molecular weight is 483 g/mol. The van der Waals surface area contributed by atoms with E-state index in [4.69, 9.17) is 15.9 Å². The van der Waals surface area contributed by atoms with E-state index in [1.54, 1.807) is 37.3 Å². The van der Waals surface area contributed by atoms with Gasteiger partial charge in [-0.2, -0.15) is 0 Å². The number of carbonyl (C=O) groups excluding carboxylic acids is 2. The summed E-state index contributed by atoms with van der Waals surface area (Å²) in [6.07, 6.45) is 6.40. The Hall–Kier alpha value is -3.72. The number of amides is 1. The van der Waals surface area contributed by atoms with Gasteiger partial charge in [-0.15, -0.1) is 6.42 Å². The molecule has 1 amide bonds. The number of aliphatic hydroxyl groups excluding tert-OH is 1. The van der Waals surface area contributed by atoms with E-state index < -0.39 is 6.35 Å². The Balaban J connectivity index is 1.70. The normalized spacial score (nSPS) is 14.8. The molecule has 35 heavy (non-hydrogen) atoms. The molecule has 0 aromatic carbocycles. The molecule has 0 bridgehead atoms. The minimum absolute atomic E-state index is 0.00494. The van der Waals surface area contributed by atoms with Crippen LogP contribution in [0.1, 0.15) is 21.6 Å². The number of nitrogens with one attached hydrogen (secondary N) is 1. The number of methoxy groups -OCH3 is 1. The molecule has 11 heteroatoms. The zero-order valence-electron chi connectivity index (χ0n) is 20.1. The van der Waals surface area contributed by atoms with Gasteiger partial charge >= 0.3 is 0 Å². The van der Waals surface area contributed by atoms with E-state index >= 15 is 0 Å². The van der Waals surface area contributed by atoms with E-state index in [-0.39, 0.29) is 11.6 Å². The van der Waals surface area contributed by atoms with Crippen LogP contribution in [-0.4, -0.2) is 97.5 Å². The van der Waals surface area contributed by atoms with Gasteiger partial charge in [0.15, 0.2) is 6.29 Å². The lowest BCUT2D eigenvalue weighted by Gasteiger charge is -2.32. The summed E-state index contributed by atoms with van der Waals surface area (Å²) in [5.41, 5.74) is 1.32. The summed E-state index contributed by atoms with van der Waals surface area (Å²) in [5.74, 6) is 3.63. The molecule has 1 aliphatic heterocycles. The number of aliphatic hydroxyl groups is 1. The van der Waals surface area contributed by atoms with Crippen LogP contribution in [0.15, 0.2) is 24.4 Å². The minimum Gasteiger partial charge on any atom is -0.490 e. The number of piperazine rings is 1. The third-order valence-corrected chi connectivity index (χ3v) is 5.55. The predicted molar refractivity (Wildman–Crippen MR) is 130 cm³/mol. The molecule has 1 saturated heterocycles. The number of likely N-dealkylation sites (N-methyl/N-ethyl adjacent to an activating group) is 1. The zero-order chi connectivity index (χ0) is 25.4. The molecule has 0 saturated carbocycles. The maximum atomic E-state index is 12.3. The predicted octanol–water partition coefficient (Wildman–Crippen LogP) is 0.394. The summed E-state index contributed by atoms with van der Waals surface area (Å²) >= 11 is 0. The number of anilines is 2.